The minimum atomic E-state index is 0.0936. The summed E-state index contributed by atoms with van der Waals surface area (Å²) in [5, 5.41) is 4.48. The molecule has 1 heterocycles. The average molecular weight is 251 g/mol. The smallest absolute Gasteiger partial charge is 0.138 e. The van der Waals surface area contributed by atoms with E-state index < -0.39 is 0 Å². The number of rotatable bonds is 8. The maximum atomic E-state index is 11.7. The fraction of sp³-hybridized carbons (Fsp3) is 0.714. The summed E-state index contributed by atoms with van der Waals surface area (Å²) in [7, 11) is 0. The van der Waals surface area contributed by atoms with Crippen LogP contribution < -0.4 is 5.73 Å². The van der Waals surface area contributed by atoms with Crippen LogP contribution in [0.3, 0.4) is 0 Å². The Balaban J connectivity index is 2.50. The number of carbonyl (C=O) groups excluding carboxylic acids is 1. The lowest BCUT2D eigenvalue weighted by Crippen LogP contribution is -2.17. The standard InChI is InChI=1S/C14H25N3O/c1-4-13(5-2)17-9-8-12(16-17)10-14(18)7-6-11(3)15/h8-9,11,13H,4-7,10,15H2,1-3H3. The van der Waals surface area contributed by atoms with E-state index >= 15 is 0 Å². The number of hydrogen-bond acceptors (Lipinski definition) is 3. The third kappa shape index (κ3) is 4.61. The predicted octanol–water partition coefficient (Wildman–Crippen LogP) is 2.48. The predicted molar refractivity (Wildman–Crippen MR) is 73.4 cm³/mol. The molecule has 2 N–H and O–H groups in total. The number of Topliss-reactive ketones (excluding diaryl/α,β-unsaturated/α-hetero) is 1. The first-order valence-electron chi connectivity index (χ1n) is 6.88. The van der Waals surface area contributed by atoms with Gasteiger partial charge in [0.25, 0.3) is 0 Å². The number of carbonyl (C=O) groups is 1. The minimum absolute atomic E-state index is 0.0936. The lowest BCUT2D eigenvalue weighted by molar-refractivity contribution is -0.118. The number of ketones is 1. The van der Waals surface area contributed by atoms with Gasteiger partial charge in [-0.15, -0.1) is 0 Å². The van der Waals surface area contributed by atoms with Gasteiger partial charge in [-0.2, -0.15) is 5.10 Å². The first kappa shape index (κ1) is 14.9. The van der Waals surface area contributed by atoms with E-state index in [0.717, 1.165) is 25.0 Å². The van der Waals surface area contributed by atoms with E-state index in [1.54, 1.807) is 0 Å². The summed E-state index contributed by atoms with van der Waals surface area (Å²) in [6.07, 6.45) is 5.85. The summed E-state index contributed by atoms with van der Waals surface area (Å²) < 4.78 is 1.98. The summed E-state index contributed by atoms with van der Waals surface area (Å²) in [6.45, 7) is 6.24. The molecule has 0 saturated carbocycles. The van der Waals surface area contributed by atoms with Gasteiger partial charge in [-0.25, -0.2) is 0 Å². The van der Waals surface area contributed by atoms with Crippen LogP contribution in [0, 0.1) is 0 Å². The molecule has 1 aromatic rings. The van der Waals surface area contributed by atoms with Gasteiger partial charge in [-0.3, -0.25) is 9.48 Å². The van der Waals surface area contributed by atoms with Gasteiger partial charge >= 0.3 is 0 Å². The summed E-state index contributed by atoms with van der Waals surface area (Å²) in [6, 6.07) is 2.48. The molecule has 18 heavy (non-hydrogen) atoms. The van der Waals surface area contributed by atoms with Crippen molar-refractivity contribution < 1.29 is 4.79 Å². The van der Waals surface area contributed by atoms with Crippen molar-refractivity contribution in [2.75, 3.05) is 0 Å². The SMILES string of the molecule is CCC(CC)n1ccc(CC(=O)CCC(C)N)n1. The van der Waals surface area contributed by atoms with Crippen LogP contribution in [0.15, 0.2) is 12.3 Å². The van der Waals surface area contributed by atoms with Crippen molar-refractivity contribution in [2.45, 2.75) is 65.0 Å². The number of nitrogens with zero attached hydrogens (tertiary/aromatic N) is 2. The maximum Gasteiger partial charge on any atom is 0.138 e. The zero-order chi connectivity index (χ0) is 13.5. The van der Waals surface area contributed by atoms with Crippen molar-refractivity contribution in [1.82, 2.24) is 9.78 Å². The first-order chi connectivity index (χ1) is 8.56. The van der Waals surface area contributed by atoms with Crippen molar-refractivity contribution in [2.24, 2.45) is 5.73 Å². The van der Waals surface area contributed by atoms with Crippen molar-refractivity contribution in [3.8, 4) is 0 Å². The molecule has 1 unspecified atom stereocenters. The van der Waals surface area contributed by atoms with E-state index in [-0.39, 0.29) is 11.8 Å². The van der Waals surface area contributed by atoms with E-state index in [4.69, 9.17) is 5.73 Å². The van der Waals surface area contributed by atoms with E-state index in [9.17, 15) is 4.79 Å². The summed E-state index contributed by atoms with van der Waals surface area (Å²) in [5.74, 6) is 0.224. The van der Waals surface area contributed by atoms with Gasteiger partial charge in [-0.1, -0.05) is 13.8 Å². The molecule has 0 aliphatic rings. The van der Waals surface area contributed by atoms with Gasteiger partial charge in [0, 0.05) is 18.7 Å². The van der Waals surface area contributed by atoms with Crippen LogP contribution in [-0.2, 0) is 11.2 Å². The molecule has 0 spiro atoms. The molecule has 0 amide bonds. The van der Waals surface area contributed by atoms with Crippen LogP contribution in [0.4, 0.5) is 0 Å². The Labute approximate surface area is 110 Å². The van der Waals surface area contributed by atoms with Crippen LogP contribution >= 0.6 is 0 Å². The fourth-order valence-electron chi connectivity index (χ4n) is 2.02. The Morgan fingerprint density at radius 2 is 2.11 bits per heavy atom. The van der Waals surface area contributed by atoms with Crippen molar-refractivity contribution in [1.29, 1.82) is 0 Å². The Kier molecular flexibility index (Phi) is 6.05. The van der Waals surface area contributed by atoms with Crippen molar-refractivity contribution >= 4 is 5.78 Å². The van der Waals surface area contributed by atoms with Crippen molar-refractivity contribution in [3.05, 3.63) is 18.0 Å². The molecular formula is C14H25N3O. The average Bonchev–Trinajstić information content (AvgIpc) is 2.76. The Morgan fingerprint density at radius 1 is 1.44 bits per heavy atom. The second kappa shape index (κ2) is 7.31. The van der Waals surface area contributed by atoms with E-state index in [1.165, 1.54) is 0 Å². The van der Waals surface area contributed by atoms with Crippen LogP contribution in [-0.4, -0.2) is 21.6 Å². The lowest BCUT2D eigenvalue weighted by Gasteiger charge is -2.12. The lowest BCUT2D eigenvalue weighted by atomic mass is 10.1. The third-order valence-corrected chi connectivity index (χ3v) is 3.24. The first-order valence-corrected chi connectivity index (χ1v) is 6.88. The van der Waals surface area contributed by atoms with Gasteiger partial charge in [0.05, 0.1) is 18.2 Å². The topological polar surface area (TPSA) is 60.9 Å². The fourth-order valence-corrected chi connectivity index (χ4v) is 2.02. The molecule has 0 bridgehead atoms. The number of aromatic nitrogens is 2. The van der Waals surface area contributed by atoms with Crippen molar-refractivity contribution in [3.63, 3.8) is 0 Å². The number of hydrogen-bond donors (Lipinski definition) is 1. The molecule has 4 heteroatoms. The molecule has 0 aliphatic carbocycles. The van der Waals surface area contributed by atoms with Gasteiger partial charge in [0.15, 0.2) is 0 Å². The maximum absolute atomic E-state index is 11.7. The molecule has 1 rings (SSSR count). The molecule has 1 aromatic heterocycles. The highest BCUT2D eigenvalue weighted by molar-refractivity contribution is 5.80. The highest BCUT2D eigenvalue weighted by atomic mass is 16.1. The second-order valence-electron chi connectivity index (χ2n) is 4.99. The van der Waals surface area contributed by atoms with Crippen LogP contribution in [0.25, 0.3) is 0 Å². The molecule has 4 nitrogen and oxygen atoms in total. The molecule has 102 valence electrons. The summed E-state index contributed by atoms with van der Waals surface area (Å²) in [5.41, 5.74) is 6.51. The molecule has 0 radical (unpaired) electrons. The normalized spacial score (nSPS) is 12.9. The van der Waals surface area contributed by atoms with Crippen LogP contribution in [0.5, 0.6) is 0 Å². The molecule has 0 fully saturated rings. The van der Waals surface area contributed by atoms with Gasteiger partial charge in [0.2, 0.25) is 0 Å². The largest absolute Gasteiger partial charge is 0.328 e. The van der Waals surface area contributed by atoms with Gasteiger partial charge in [0.1, 0.15) is 5.78 Å². The molecule has 0 saturated heterocycles. The summed E-state index contributed by atoms with van der Waals surface area (Å²) >= 11 is 0. The Hall–Kier alpha value is -1.16. The Morgan fingerprint density at radius 3 is 2.67 bits per heavy atom. The zero-order valence-corrected chi connectivity index (χ0v) is 11.7. The van der Waals surface area contributed by atoms with Crippen LogP contribution in [0.2, 0.25) is 0 Å². The second-order valence-corrected chi connectivity index (χ2v) is 4.99. The van der Waals surface area contributed by atoms with Crippen LogP contribution in [0.1, 0.15) is 58.2 Å². The molecular weight excluding hydrogens is 226 g/mol. The Bertz CT molecular complexity index is 367. The van der Waals surface area contributed by atoms with Gasteiger partial charge in [-0.05, 0) is 32.3 Å². The monoisotopic (exact) mass is 251 g/mol. The molecule has 0 aliphatic heterocycles. The quantitative estimate of drug-likeness (QED) is 0.772. The molecule has 1 atom stereocenters. The van der Waals surface area contributed by atoms with Gasteiger partial charge < -0.3 is 5.73 Å². The number of nitrogens with two attached hydrogens (primary N) is 1. The highest BCUT2D eigenvalue weighted by Crippen LogP contribution is 2.14. The summed E-state index contributed by atoms with van der Waals surface area (Å²) in [4.78, 5) is 11.7. The zero-order valence-electron chi connectivity index (χ0n) is 11.7. The van der Waals surface area contributed by atoms with E-state index in [2.05, 4.69) is 18.9 Å². The third-order valence-electron chi connectivity index (χ3n) is 3.24. The van der Waals surface area contributed by atoms with E-state index in [0.29, 0.717) is 18.9 Å². The minimum Gasteiger partial charge on any atom is -0.328 e. The molecule has 0 aromatic carbocycles. The van der Waals surface area contributed by atoms with E-state index in [1.807, 2.05) is 23.9 Å². The highest BCUT2D eigenvalue weighted by Gasteiger charge is 2.11.